The van der Waals surface area contributed by atoms with Gasteiger partial charge in [-0.05, 0) is 13.2 Å². The Morgan fingerprint density at radius 2 is 2.27 bits per heavy atom. The zero-order chi connectivity index (χ0) is 8.69. The molecule has 0 radical (unpaired) electrons. The lowest BCUT2D eigenvalue weighted by Gasteiger charge is -2.20. The zero-order valence-corrected chi connectivity index (χ0v) is 7.83. The van der Waals surface area contributed by atoms with Crippen LogP contribution in [0.1, 0.15) is 6.92 Å². The Hall–Kier alpha value is 0.200. The van der Waals surface area contributed by atoms with E-state index >= 15 is 0 Å². The first-order chi connectivity index (χ1) is 5.26. The molecule has 0 bridgehead atoms. The zero-order valence-electron chi connectivity index (χ0n) is 7.01. The van der Waals surface area contributed by atoms with Crippen molar-refractivity contribution in [3.05, 3.63) is 0 Å². The summed E-state index contributed by atoms with van der Waals surface area (Å²) in [4.78, 5) is 0. The number of rotatable bonds is 6. The van der Waals surface area contributed by atoms with Gasteiger partial charge in [-0.1, -0.05) is 0 Å². The molecule has 4 heteroatoms. The summed E-state index contributed by atoms with van der Waals surface area (Å²) < 4.78 is 11.7. The molecule has 2 unspecified atom stereocenters. The minimum atomic E-state index is -0.350. The lowest BCUT2D eigenvalue weighted by atomic mass is 10.2. The molecule has 0 fully saturated rings. The number of hydrogen-bond donors (Lipinski definition) is 2. The van der Waals surface area contributed by atoms with Crippen molar-refractivity contribution < 1.29 is 9.50 Å². The van der Waals surface area contributed by atoms with Crippen LogP contribution in [-0.4, -0.2) is 42.5 Å². The first-order valence-corrected chi connectivity index (χ1v) is 4.98. The van der Waals surface area contributed by atoms with Crippen LogP contribution in [0.2, 0.25) is 0 Å². The summed E-state index contributed by atoms with van der Waals surface area (Å²) in [7, 11) is 0. The molecule has 0 spiro atoms. The van der Waals surface area contributed by atoms with Crippen LogP contribution in [-0.2, 0) is 0 Å². The van der Waals surface area contributed by atoms with Gasteiger partial charge in [0.1, 0.15) is 6.67 Å². The molecule has 0 aliphatic heterocycles. The Bertz CT molecular complexity index is 90.5. The summed E-state index contributed by atoms with van der Waals surface area (Å²) >= 11 is 1.59. The molecule has 0 aliphatic carbocycles. The van der Waals surface area contributed by atoms with E-state index in [1.54, 1.807) is 11.8 Å². The van der Waals surface area contributed by atoms with Crippen LogP contribution in [0.15, 0.2) is 0 Å². The molecule has 0 amide bonds. The minimum absolute atomic E-state index is 0.140. The normalized spacial score (nSPS) is 16.4. The predicted octanol–water partition coefficient (Wildman–Crippen LogP) is 0.658. The van der Waals surface area contributed by atoms with E-state index in [9.17, 15) is 4.39 Å². The molecule has 0 aromatic heterocycles. The maximum Gasteiger partial charge on any atom is 0.102 e. The summed E-state index contributed by atoms with van der Waals surface area (Å²) in [6.45, 7) is 2.11. The molecule has 0 aromatic rings. The third-order valence-electron chi connectivity index (χ3n) is 1.60. The molecule has 2 atom stereocenters. The van der Waals surface area contributed by atoms with E-state index in [4.69, 9.17) is 5.11 Å². The van der Waals surface area contributed by atoms with Crippen LogP contribution >= 0.6 is 11.8 Å². The minimum Gasteiger partial charge on any atom is -0.395 e. The molecule has 2 nitrogen and oxygen atoms in total. The van der Waals surface area contributed by atoms with Gasteiger partial charge in [0.05, 0.1) is 6.61 Å². The summed E-state index contributed by atoms with van der Waals surface area (Å²) in [5, 5.41) is 12.0. The fourth-order valence-corrected chi connectivity index (χ4v) is 1.50. The second-order valence-electron chi connectivity index (χ2n) is 2.39. The molecule has 0 saturated carbocycles. The second kappa shape index (κ2) is 6.88. The van der Waals surface area contributed by atoms with Gasteiger partial charge in [-0.2, -0.15) is 11.8 Å². The number of thioether (sulfide) groups is 1. The van der Waals surface area contributed by atoms with E-state index in [-0.39, 0.29) is 24.6 Å². The van der Waals surface area contributed by atoms with E-state index in [0.29, 0.717) is 6.54 Å². The van der Waals surface area contributed by atoms with Crippen molar-refractivity contribution in [2.75, 3.05) is 26.1 Å². The topological polar surface area (TPSA) is 32.3 Å². The number of aliphatic hydroxyl groups excluding tert-OH is 1. The molecular weight excluding hydrogens is 165 g/mol. The van der Waals surface area contributed by atoms with Gasteiger partial charge in [-0.15, -0.1) is 0 Å². The van der Waals surface area contributed by atoms with Crippen LogP contribution < -0.4 is 5.32 Å². The van der Waals surface area contributed by atoms with Crippen molar-refractivity contribution in [1.29, 1.82) is 0 Å². The van der Waals surface area contributed by atoms with Crippen molar-refractivity contribution in [1.82, 2.24) is 5.32 Å². The lowest BCUT2D eigenvalue weighted by molar-refractivity contribution is 0.274. The van der Waals surface area contributed by atoms with E-state index in [0.717, 1.165) is 0 Å². The van der Waals surface area contributed by atoms with Crippen LogP contribution in [0.4, 0.5) is 4.39 Å². The second-order valence-corrected chi connectivity index (χ2v) is 3.47. The van der Waals surface area contributed by atoms with Crippen molar-refractivity contribution >= 4 is 11.8 Å². The van der Waals surface area contributed by atoms with Gasteiger partial charge < -0.3 is 10.4 Å². The molecular formula is C7H16FNOS. The quantitative estimate of drug-likeness (QED) is 0.631. The first kappa shape index (κ1) is 11.2. The number of alkyl halides is 1. The molecule has 11 heavy (non-hydrogen) atoms. The van der Waals surface area contributed by atoms with Gasteiger partial charge in [0.15, 0.2) is 0 Å². The van der Waals surface area contributed by atoms with Gasteiger partial charge in [-0.3, -0.25) is 0 Å². The Morgan fingerprint density at radius 3 is 2.64 bits per heavy atom. The standard InChI is InChI=1S/C7H16FNOS/c1-6(9-4-3-8)7(5-10)11-2/h6-7,9-10H,3-5H2,1-2H3. The smallest absolute Gasteiger partial charge is 0.102 e. The largest absolute Gasteiger partial charge is 0.395 e. The molecule has 0 saturated heterocycles. The fourth-order valence-electron chi connectivity index (χ4n) is 0.850. The summed E-state index contributed by atoms with van der Waals surface area (Å²) in [5.74, 6) is 0. The highest BCUT2D eigenvalue weighted by atomic mass is 32.2. The average Bonchev–Trinajstić information content (AvgIpc) is 2.03. The highest BCUT2D eigenvalue weighted by Crippen LogP contribution is 2.09. The molecule has 0 aromatic carbocycles. The number of nitrogens with one attached hydrogen (secondary N) is 1. The summed E-state index contributed by atoms with van der Waals surface area (Å²) in [5.41, 5.74) is 0. The van der Waals surface area contributed by atoms with Gasteiger partial charge in [0.2, 0.25) is 0 Å². The van der Waals surface area contributed by atoms with E-state index in [1.807, 2.05) is 13.2 Å². The number of aliphatic hydroxyl groups is 1. The van der Waals surface area contributed by atoms with E-state index in [2.05, 4.69) is 5.32 Å². The van der Waals surface area contributed by atoms with Gasteiger partial charge in [-0.25, -0.2) is 4.39 Å². The third-order valence-corrected chi connectivity index (χ3v) is 2.76. The third kappa shape index (κ3) is 4.61. The highest BCUT2D eigenvalue weighted by molar-refractivity contribution is 7.99. The van der Waals surface area contributed by atoms with Crippen LogP contribution in [0.5, 0.6) is 0 Å². The Balaban J connectivity index is 3.51. The Morgan fingerprint density at radius 1 is 1.64 bits per heavy atom. The molecule has 68 valence electrons. The van der Waals surface area contributed by atoms with E-state index in [1.165, 1.54) is 0 Å². The number of hydrogen-bond acceptors (Lipinski definition) is 3. The lowest BCUT2D eigenvalue weighted by Crippen LogP contribution is -2.38. The monoisotopic (exact) mass is 181 g/mol. The summed E-state index contributed by atoms with van der Waals surface area (Å²) in [6.07, 6.45) is 1.94. The average molecular weight is 181 g/mol. The maximum atomic E-state index is 11.7. The fraction of sp³-hybridized carbons (Fsp3) is 1.00. The van der Waals surface area contributed by atoms with Crippen LogP contribution in [0.25, 0.3) is 0 Å². The van der Waals surface area contributed by atoms with Crippen LogP contribution in [0.3, 0.4) is 0 Å². The maximum absolute atomic E-state index is 11.7. The highest BCUT2D eigenvalue weighted by Gasteiger charge is 2.13. The SMILES string of the molecule is CSC(CO)C(C)NCCF. The number of halogens is 1. The molecule has 0 rings (SSSR count). The Labute approximate surface area is 71.6 Å². The van der Waals surface area contributed by atoms with Gasteiger partial charge >= 0.3 is 0 Å². The van der Waals surface area contributed by atoms with Crippen molar-refractivity contribution in [3.63, 3.8) is 0 Å². The van der Waals surface area contributed by atoms with Gasteiger partial charge in [0.25, 0.3) is 0 Å². The molecule has 2 N–H and O–H groups in total. The molecule has 0 aliphatic rings. The van der Waals surface area contributed by atoms with E-state index < -0.39 is 0 Å². The predicted molar refractivity (Wildman–Crippen MR) is 47.8 cm³/mol. The van der Waals surface area contributed by atoms with Crippen molar-refractivity contribution in [2.45, 2.75) is 18.2 Å². The first-order valence-electron chi connectivity index (χ1n) is 3.69. The summed E-state index contributed by atoms with van der Waals surface area (Å²) in [6, 6.07) is 0.172. The van der Waals surface area contributed by atoms with Crippen LogP contribution in [0, 0.1) is 0 Å². The van der Waals surface area contributed by atoms with Crippen molar-refractivity contribution in [2.24, 2.45) is 0 Å². The Kier molecular flexibility index (Phi) is 7.01. The van der Waals surface area contributed by atoms with Gasteiger partial charge in [0, 0.05) is 17.8 Å². The van der Waals surface area contributed by atoms with Crippen molar-refractivity contribution in [3.8, 4) is 0 Å². The molecule has 0 heterocycles.